The lowest BCUT2D eigenvalue weighted by Crippen LogP contribution is -2.44. The summed E-state index contributed by atoms with van der Waals surface area (Å²) in [6, 6.07) is 14.9. The van der Waals surface area contributed by atoms with Crippen LogP contribution in [0.25, 0.3) is 0 Å². The van der Waals surface area contributed by atoms with Crippen LogP contribution in [0.3, 0.4) is 0 Å². The van der Waals surface area contributed by atoms with Crippen molar-refractivity contribution in [3.8, 4) is 11.5 Å². The van der Waals surface area contributed by atoms with Gasteiger partial charge in [-0.15, -0.1) is 0 Å². The van der Waals surface area contributed by atoms with Gasteiger partial charge in [-0.25, -0.2) is 0 Å². The number of phenolic OH excluding ortho intramolecular Hbond substituents is 2. The van der Waals surface area contributed by atoms with Crippen LogP contribution in [0.4, 0.5) is 5.69 Å². The minimum Gasteiger partial charge on any atom is -0.508 e. The number of fused-ring (bicyclic) bond motifs is 2. The van der Waals surface area contributed by atoms with E-state index < -0.39 is 6.04 Å². The lowest BCUT2D eigenvalue weighted by molar-refractivity contribution is -0.123. The molecule has 0 aromatic heterocycles. The first kappa shape index (κ1) is 24.2. The molecule has 1 heterocycles. The maximum atomic E-state index is 13.1. The van der Waals surface area contributed by atoms with Crippen LogP contribution >= 0.6 is 0 Å². The normalized spacial score (nSPS) is 19.2. The number of rotatable bonds is 6. The van der Waals surface area contributed by atoms with Gasteiger partial charge in [-0.2, -0.15) is 0 Å². The quantitative estimate of drug-likeness (QED) is 0.359. The highest BCUT2D eigenvalue weighted by molar-refractivity contribution is 5.82. The number of aromatic hydroxyl groups is 2. The van der Waals surface area contributed by atoms with Crippen molar-refractivity contribution in [2.75, 3.05) is 11.9 Å². The van der Waals surface area contributed by atoms with Crippen molar-refractivity contribution < 1.29 is 15.0 Å². The number of nitrogens with one attached hydrogen (secondary N) is 2. The Labute approximate surface area is 212 Å². The van der Waals surface area contributed by atoms with Crippen molar-refractivity contribution in [3.05, 3.63) is 87.5 Å². The first-order valence-electron chi connectivity index (χ1n) is 12.8. The molecular weight excluding hydrogens is 450 g/mol. The molecule has 0 saturated carbocycles. The summed E-state index contributed by atoms with van der Waals surface area (Å²) in [4.78, 5) is 13.1. The predicted molar refractivity (Wildman–Crippen MR) is 142 cm³/mol. The third kappa shape index (κ3) is 5.05. The van der Waals surface area contributed by atoms with E-state index in [0.29, 0.717) is 18.1 Å². The van der Waals surface area contributed by atoms with Crippen LogP contribution in [0.15, 0.2) is 48.5 Å². The summed E-state index contributed by atoms with van der Waals surface area (Å²) in [5.74, 6) is 0.918. The van der Waals surface area contributed by atoms with Gasteiger partial charge in [0.05, 0.1) is 12.1 Å². The van der Waals surface area contributed by atoms with Gasteiger partial charge in [0, 0.05) is 12.2 Å². The minimum absolute atomic E-state index is 0.0838. The van der Waals surface area contributed by atoms with Gasteiger partial charge in [-0.05, 0) is 121 Å². The van der Waals surface area contributed by atoms with Crippen LogP contribution < -0.4 is 16.4 Å². The predicted octanol–water partition coefficient (Wildman–Crippen LogP) is 4.22. The van der Waals surface area contributed by atoms with E-state index in [1.807, 2.05) is 26.0 Å². The standard InChI is InChI=1S/C30H35N3O3/c1-17-9-24(35)10-18(2)25(17)16-27(31)30(36)33-29-7-8-32-28-6-3-19(14-26(28)29)11-20-12-21-4-5-23(34)15-22(21)13-20/h3-6,9-10,14-15,20,27,29,32,34-35H,7-8,11-13,16,31H2,1-2H3,(H,33,36). The first-order valence-corrected chi connectivity index (χ1v) is 12.8. The highest BCUT2D eigenvalue weighted by Crippen LogP contribution is 2.35. The van der Waals surface area contributed by atoms with Crippen LogP contribution in [-0.4, -0.2) is 28.7 Å². The van der Waals surface area contributed by atoms with Crippen LogP contribution in [-0.2, 0) is 30.5 Å². The maximum absolute atomic E-state index is 13.1. The molecule has 0 fully saturated rings. The second-order valence-electron chi connectivity index (χ2n) is 10.5. The molecule has 0 radical (unpaired) electrons. The number of hydrogen-bond acceptors (Lipinski definition) is 5. The van der Waals surface area contributed by atoms with Crippen LogP contribution in [0.1, 0.15) is 51.4 Å². The van der Waals surface area contributed by atoms with Gasteiger partial charge >= 0.3 is 0 Å². The second kappa shape index (κ2) is 9.86. The summed E-state index contributed by atoms with van der Waals surface area (Å²) in [6.07, 6.45) is 4.20. The van der Waals surface area contributed by atoms with E-state index >= 15 is 0 Å². The summed E-state index contributed by atoms with van der Waals surface area (Å²) in [7, 11) is 0. The van der Waals surface area contributed by atoms with Crippen molar-refractivity contribution in [2.45, 2.75) is 58.0 Å². The Morgan fingerprint density at radius 1 is 1.03 bits per heavy atom. The molecule has 0 bridgehead atoms. The number of hydrogen-bond donors (Lipinski definition) is 5. The molecule has 6 N–H and O–H groups in total. The van der Waals surface area contributed by atoms with E-state index in [1.165, 1.54) is 16.7 Å². The summed E-state index contributed by atoms with van der Waals surface area (Å²) in [6.45, 7) is 4.66. The number of carbonyl (C=O) groups excluding carboxylic acids is 1. The Morgan fingerprint density at radius 2 is 1.78 bits per heavy atom. The average Bonchev–Trinajstić information content (AvgIpc) is 3.22. The zero-order valence-electron chi connectivity index (χ0n) is 21.0. The van der Waals surface area contributed by atoms with E-state index in [2.05, 4.69) is 28.8 Å². The number of amides is 1. The number of anilines is 1. The van der Waals surface area contributed by atoms with E-state index in [9.17, 15) is 15.0 Å². The molecule has 3 unspecified atom stereocenters. The van der Waals surface area contributed by atoms with Crippen molar-refractivity contribution >= 4 is 11.6 Å². The van der Waals surface area contributed by atoms with Gasteiger partial charge < -0.3 is 26.6 Å². The van der Waals surface area contributed by atoms with Crippen LogP contribution in [0, 0.1) is 19.8 Å². The van der Waals surface area contributed by atoms with Crippen molar-refractivity contribution in [1.29, 1.82) is 0 Å². The van der Waals surface area contributed by atoms with Crippen LogP contribution in [0.2, 0.25) is 0 Å². The Balaban J connectivity index is 1.27. The molecule has 1 amide bonds. The average molecular weight is 486 g/mol. The fourth-order valence-corrected chi connectivity index (χ4v) is 5.90. The molecule has 5 rings (SSSR count). The van der Waals surface area contributed by atoms with E-state index in [4.69, 9.17) is 5.73 Å². The van der Waals surface area contributed by atoms with E-state index in [-0.39, 0.29) is 17.7 Å². The number of nitrogens with two attached hydrogens (primary N) is 1. The first-order chi connectivity index (χ1) is 17.3. The molecule has 1 aliphatic carbocycles. The largest absolute Gasteiger partial charge is 0.508 e. The SMILES string of the molecule is Cc1cc(O)cc(C)c1CC(N)C(=O)NC1CCNc2ccc(CC3Cc4ccc(O)cc4C3)cc21. The fraction of sp³-hybridized carbons (Fsp3) is 0.367. The van der Waals surface area contributed by atoms with Gasteiger partial charge in [0.25, 0.3) is 0 Å². The summed E-state index contributed by atoms with van der Waals surface area (Å²) in [5, 5.41) is 26.3. The molecule has 36 heavy (non-hydrogen) atoms. The van der Waals surface area contributed by atoms with Gasteiger partial charge in [-0.3, -0.25) is 4.79 Å². The highest BCUT2D eigenvalue weighted by Gasteiger charge is 2.27. The molecule has 3 atom stereocenters. The lowest BCUT2D eigenvalue weighted by atomic mass is 9.91. The Kier molecular flexibility index (Phi) is 6.63. The molecule has 3 aromatic rings. The van der Waals surface area contributed by atoms with Gasteiger partial charge in [-0.1, -0.05) is 18.2 Å². The molecule has 6 nitrogen and oxygen atoms in total. The molecule has 3 aromatic carbocycles. The highest BCUT2D eigenvalue weighted by atomic mass is 16.3. The molecule has 2 aliphatic rings. The molecular formula is C30H35N3O3. The van der Waals surface area contributed by atoms with Crippen LogP contribution in [0.5, 0.6) is 11.5 Å². The second-order valence-corrected chi connectivity index (χ2v) is 10.5. The Morgan fingerprint density at radius 3 is 2.56 bits per heavy atom. The third-order valence-corrected chi connectivity index (χ3v) is 7.73. The molecule has 188 valence electrons. The van der Waals surface area contributed by atoms with Gasteiger partial charge in [0.1, 0.15) is 11.5 Å². The minimum atomic E-state index is -0.665. The summed E-state index contributed by atoms with van der Waals surface area (Å²) >= 11 is 0. The number of carbonyl (C=O) groups is 1. The van der Waals surface area contributed by atoms with Gasteiger partial charge in [0.15, 0.2) is 0 Å². The smallest absolute Gasteiger partial charge is 0.237 e. The Hall–Kier alpha value is -3.51. The fourth-order valence-electron chi connectivity index (χ4n) is 5.90. The van der Waals surface area contributed by atoms with Gasteiger partial charge in [0.2, 0.25) is 5.91 Å². The maximum Gasteiger partial charge on any atom is 0.237 e. The van der Waals surface area contributed by atoms with E-state index in [1.54, 1.807) is 18.2 Å². The third-order valence-electron chi connectivity index (χ3n) is 7.73. The topological polar surface area (TPSA) is 108 Å². The monoisotopic (exact) mass is 485 g/mol. The van der Waals surface area contributed by atoms with E-state index in [0.717, 1.165) is 60.2 Å². The van der Waals surface area contributed by atoms with Crippen molar-refractivity contribution in [2.24, 2.45) is 11.7 Å². The molecule has 0 saturated heterocycles. The summed E-state index contributed by atoms with van der Waals surface area (Å²) in [5.41, 5.74) is 15.3. The zero-order chi connectivity index (χ0) is 25.4. The molecule has 1 aliphatic heterocycles. The molecule has 0 spiro atoms. The lowest BCUT2D eigenvalue weighted by Gasteiger charge is -2.29. The molecule has 6 heteroatoms. The number of aryl methyl sites for hydroxylation is 2. The summed E-state index contributed by atoms with van der Waals surface area (Å²) < 4.78 is 0. The van der Waals surface area contributed by atoms with Crippen molar-refractivity contribution in [1.82, 2.24) is 5.32 Å². The number of phenols is 2. The number of benzene rings is 3. The Bertz CT molecular complexity index is 1280. The van der Waals surface area contributed by atoms with Crippen molar-refractivity contribution in [3.63, 3.8) is 0 Å². The zero-order valence-corrected chi connectivity index (χ0v) is 21.0.